The number of carbonyl (C=O) groups excluding carboxylic acids is 1. The first-order valence-electron chi connectivity index (χ1n) is 7.25. The molecule has 0 unspecified atom stereocenters. The second kappa shape index (κ2) is 8.07. The molecule has 0 atom stereocenters. The molecule has 1 rings (SSSR count). The molecule has 0 aliphatic heterocycles. The topological polar surface area (TPSA) is 104 Å². The van der Waals surface area contributed by atoms with Crippen LogP contribution >= 0.6 is 0 Å². The smallest absolute Gasteiger partial charge is 0.323 e. The van der Waals surface area contributed by atoms with E-state index in [1.165, 1.54) is 4.90 Å². The Morgan fingerprint density at radius 3 is 2.22 bits per heavy atom. The number of benzene rings is 1. The minimum Gasteiger partial charge on any atom is -0.480 e. The highest BCUT2D eigenvalue weighted by atomic mass is 32.2. The van der Waals surface area contributed by atoms with Crippen LogP contribution in [0.5, 0.6) is 0 Å². The van der Waals surface area contributed by atoms with Crippen LogP contribution in [0, 0.1) is 0 Å². The summed E-state index contributed by atoms with van der Waals surface area (Å²) in [5.74, 6) is -1.44. The average Bonchev–Trinajstić information content (AvgIpc) is 2.50. The highest BCUT2D eigenvalue weighted by molar-refractivity contribution is 7.89. The van der Waals surface area contributed by atoms with Crippen LogP contribution in [0.2, 0.25) is 0 Å². The number of rotatable bonds is 8. The van der Waals surface area contributed by atoms with E-state index in [1.54, 1.807) is 45.0 Å². The SMILES string of the molecule is CCS(=O)(=O)NCc1ccc(C(=O)N(CC(=O)O)C(C)C)cc1. The molecule has 0 saturated carbocycles. The minimum absolute atomic E-state index is 0.00209. The maximum absolute atomic E-state index is 12.3. The number of nitrogens with zero attached hydrogens (tertiary/aromatic N) is 1. The van der Waals surface area contributed by atoms with Crippen LogP contribution in [0.4, 0.5) is 0 Å². The molecule has 128 valence electrons. The molecule has 0 aliphatic carbocycles. The van der Waals surface area contributed by atoms with E-state index in [4.69, 9.17) is 5.11 Å². The Morgan fingerprint density at radius 2 is 1.78 bits per heavy atom. The third-order valence-corrected chi connectivity index (χ3v) is 4.61. The fourth-order valence-corrected chi connectivity index (χ4v) is 2.45. The lowest BCUT2D eigenvalue weighted by molar-refractivity contribution is -0.138. The summed E-state index contributed by atoms with van der Waals surface area (Å²) in [4.78, 5) is 24.5. The van der Waals surface area contributed by atoms with Crippen molar-refractivity contribution in [3.8, 4) is 0 Å². The Hall–Kier alpha value is -1.93. The molecule has 1 amide bonds. The Balaban J connectivity index is 2.82. The number of aliphatic carboxylic acids is 1. The molecular formula is C15H22N2O5S. The number of carboxylic acids is 1. The van der Waals surface area contributed by atoms with E-state index in [0.29, 0.717) is 11.1 Å². The van der Waals surface area contributed by atoms with Gasteiger partial charge >= 0.3 is 5.97 Å². The first-order valence-corrected chi connectivity index (χ1v) is 8.90. The molecule has 0 aliphatic rings. The largest absolute Gasteiger partial charge is 0.480 e. The van der Waals surface area contributed by atoms with Crippen LogP contribution in [-0.2, 0) is 21.4 Å². The number of hydrogen-bond donors (Lipinski definition) is 2. The van der Waals surface area contributed by atoms with E-state index in [2.05, 4.69) is 4.72 Å². The van der Waals surface area contributed by atoms with Gasteiger partial charge in [0.15, 0.2) is 0 Å². The first kappa shape index (κ1) is 19.1. The normalized spacial score (nSPS) is 11.5. The maximum Gasteiger partial charge on any atom is 0.323 e. The van der Waals surface area contributed by atoms with Crippen molar-refractivity contribution in [3.63, 3.8) is 0 Å². The van der Waals surface area contributed by atoms with Crippen molar-refractivity contribution in [1.29, 1.82) is 0 Å². The molecular weight excluding hydrogens is 320 g/mol. The van der Waals surface area contributed by atoms with Gasteiger partial charge in [-0.05, 0) is 38.5 Å². The van der Waals surface area contributed by atoms with Crippen molar-refractivity contribution in [1.82, 2.24) is 9.62 Å². The molecule has 1 aromatic rings. The third-order valence-electron chi connectivity index (χ3n) is 3.27. The molecule has 0 bridgehead atoms. The average molecular weight is 342 g/mol. The first-order chi connectivity index (χ1) is 10.7. The molecule has 0 fully saturated rings. The van der Waals surface area contributed by atoms with Gasteiger partial charge in [-0.3, -0.25) is 9.59 Å². The highest BCUT2D eigenvalue weighted by Crippen LogP contribution is 2.10. The molecule has 7 nitrogen and oxygen atoms in total. The summed E-state index contributed by atoms with van der Waals surface area (Å²) in [5, 5.41) is 8.88. The predicted octanol–water partition coefficient (Wildman–Crippen LogP) is 1.06. The van der Waals surface area contributed by atoms with E-state index in [1.807, 2.05) is 0 Å². The lowest BCUT2D eigenvalue weighted by Crippen LogP contribution is -2.40. The molecule has 1 aromatic carbocycles. The summed E-state index contributed by atoms with van der Waals surface area (Å²) in [6.07, 6.45) is 0. The zero-order valence-electron chi connectivity index (χ0n) is 13.4. The zero-order chi connectivity index (χ0) is 17.6. The van der Waals surface area contributed by atoms with Crippen LogP contribution in [-0.4, -0.2) is 48.6 Å². The molecule has 0 radical (unpaired) electrons. The fraction of sp³-hybridized carbons (Fsp3) is 0.467. The summed E-state index contributed by atoms with van der Waals surface area (Å²) in [5.41, 5.74) is 1.08. The predicted molar refractivity (Wildman–Crippen MR) is 86.6 cm³/mol. The minimum atomic E-state index is -3.27. The van der Waals surface area contributed by atoms with Crippen molar-refractivity contribution < 1.29 is 23.1 Å². The molecule has 2 N–H and O–H groups in total. The van der Waals surface area contributed by atoms with Crippen LogP contribution in [0.1, 0.15) is 36.7 Å². The van der Waals surface area contributed by atoms with Gasteiger partial charge in [-0.15, -0.1) is 0 Å². The molecule has 23 heavy (non-hydrogen) atoms. The summed E-state index contributed by atoms with van der Waals surface area (Å²) in [6.45, 7) is 4.82. The van der Waals surface area contributed by atoms with Crippen molar-refractivity contribution in [2.24, 2.45) is 0 Å². The van der Waals surface area contributed by atoms with Crippen molar-refractivity contribution >= 4 is 21.9 Å². The number of sulfonamides is 1. The maximum atomic E-state index is 12.3. The summed E-state index contributed by atoms with van der Waals surface area (Å²) < 4.78 is 25.2. The van der Waals surface area contributed by atoms with Gasteiger partial charge in [-0.2, -0.15) is 0 Å². The van der Waals surface area contributed by atoms with Crippen molar-refractivity contribution in [3.05, 3.63) is 35.4 Å². The number of carboxylic acid groups (broad SMARTS) is 1. The van der Waals surface area contributed by atoms with Crippen molar-refractivity contribution in [2.75, 3.05) is 12.3 Å². The lowest BCUT2D eigenvalue weighted by Gasteiger charge is -2.25. The fourth-order valence-electron chi connectivity index (χ4n) is 1.86. The van der Waals surface area contributed by atoms with Crippen LogP contribution in [0.15, 0.2) is 24.3 Å². The molecule has 0 heterocycles. The van der Waals surface area contributed by atoms with Gasteiger partial charge in [-0.1, -0.05) is 12.1 Å². The van der Waals surface area contributed by atoms with Gasteiger partial charge in [0.2, 0.25) is 10.0 Å². The zero-order valence-corrected chi connectivity index (χ0v) is 14.3. The lowest BCUT2D eigenvalue weighted by atomic mass is 10.1. The van der Waals surface area contributed by atoms with E-state index in [-0.39, 0.29) is 30.8 Å². The van der Waals surface area contributed by atoms with Gasteiger partial charge in [0.1, 0.15) is 6.54 Å². The van der Waals surface area contributed by atoms with E-state index in [0.717, 1.165) is 0 Å². The van der Waals surface area contributed by atoms with Gasteiger partial charge < -0.3 is 10.0 Å². The Labute approximate surface area is 136 Å². The number of amides is 1. The van der Waals surface area contributed by atoms with E-state index < -0.39 is 16.0 Å². The van der Waals surface area contributed by atoms with Gasteiger partial charge in [0.05, 0.1) is 5.75 Å². The van der Waals surface area contributed by atoms with Gasteiger partial charge in [0.25, 0.3) is 5.91 Å². The third kappa shape index (κ3) is 5.99. The van der Waals surface area contributed by atoms with E-state index in [9.17, 15) is 18.0 Å². The Bertz CT molecular complexity index is 653. The monoisotopic (exact) mass is 342 g/mol. The number of carbonyl (C=O) groups is 2. The Morgan fingerprint density at radius 1 is 1.22 bits per heavy atom. The number of nitrogens with one attached hydrogen (secondary N) is 1. The van der Waals surface area contributed by atoms with Crippen LogP contribution in [0.25, 0.3) is 0 Å². The molecule has 0 saturated heterocycles. The van der Waals surface area contributed by atoms with Gasteiger partial charge in [-0.25, -0.2) is 13.1 Å². The van der Waals surface area contributed by atoms with Crippen molar-refractivity contribution in [2.45, 2.75) is 33.4 Å². The Kier molecular flexibility index (Phi) is 6.71. The second-order valence-corrected chi connectivity index (χ2v) is 7.44. The molecule has 8 heteroatoms. The number of hydrogen-bond acceptors (Lipinski definition) is 4. The second-order valence-electron chi connectivity index (χ2n) is 5.34. The quantitative estimate of drug-likeness (QED) is 0.735. The van der Waals surface area contributed by atoms with E-state index >= 15 is 0 Å². The van der Waals surface area contributed by atoms with Crippen LogP contribution in [0.3, 0.4) is 0 Å². The standard InChI is InChI=1S/C15H22N2O5S/c1-4-23(21,22)16-9-12-5-7-13(8-6-12)15(20)17(11(2)3)10-14(18)19/h5-8,11,16H,4,9-10H2,1-3H3,(H,18,19). The van der Waals surface area contributed by atoms with Crippen LogP contribution < -0.4 is 4.72 Å². The summed E-state index contributed by atoms with van der Waals surface area (Å²) >= 11 is 0. The summed E-state index contributed by atoms with van der Waals surface area (Å²) in [7, 11) is -3.27. The molecule has 0 aromatic heterocycles. The highest BCUT2D eigenvalue weighted by Gasteiger charge is 2.21. The molecule has 0 spiro atoms. The van der Waals surface area contributed by atoms with Gasteiger partial charge in [0, 0.05) is 18.2 Å². The summed E-state index contributed by atoms with van der Waals surface area (Å²) in [6, 6.07) is 6.18.